The molecule has 47 heavy (non-hydrogen) atoms. The van der Waals surface area contributed by atoms with E-state index in [1.54, 1.807) is 0 Å². The number of rotatable bonds is 21. The van der Waals surface area contributed by atoms with Gasteiger partial charge in [0.05, 0.1) is 0 Å². The molecule has 3 fully saturated rings. The van der Waals surface area contributed by atoms with E-state index in [4.69, 9.17) is 14.3 Å². The number of fused-ring (bicyclic) bond motifs is 5. The maximum absolute atomic E-state index is 12.9. The van der Waals surface area contributed by atoms with E-state index in [0.717, 1.165) is 44.9 Å². The van der Waals surface area contributed by atoms with Crippen molar-refractivity contribution in [1.29, 1.82) is 0 Å². The third kappa shape index (κ3) is 10.7. The van der Waals surface area contributed by atoms with Crippen molar-refractivity contribution in [1.82, 2.24) is 0 Å². The lowest BCUT2D eigenvalue weighted by molar-refractivity contribution is -0.151. The molecule has 2 heteroatoms. The van der Waals surface area contributed by atoms with Crippen LogP contribution in [-0.4, -0.2) is 12.1 Å². The van der Waals surface area contributed by atoms with Gasteiger partial charge in [0.25, 0.3) is 0 Å². The summed E-state index contributed by atoms with van der Waals surface area (Å²) in [5.41, 5.74) is 1.95. The van der Waals surface area contributed by atoms with E-state index in [-0.39, 0.29) is 29.3 Å². The zero-order valence-corrected chi connectivity index (χ0v) is 31.2. The van der Waals surface area contributed by atoms with Gasteiger partial charge in [0.15, 0.2) is 0 Å². The summed E-state index contributed by atoms with van der Waals surface area (Å²) >= 11 is 0. The van der Waals surface area contributed by atoms with Gasteiger partial charge in [-0.1, -0.05) is 136 Å². The first kappa shape index (κ1) is 29.7. The molecule has 4 aliphatic rings. The Hall–Kier alpha value is -1.05. The first-order chi connectivity index (χ1) is 25.5. The fraction of sp³-hybridized carbons (Fsp3) is 0.889. The van der Waals surface area contributed by atoms with Crippen LogP contribution in [0.4, 0.5) is 0 Å². The van der Waals surface area contributed by atoms with Crippen molar-refractivity contribution in [2.24, 2.45) is 46.3 Å². The summed E-state index contributed by atoms with van der Waals surface area (Å²) in [5.74, 6) is 0.486. The standard InChI is InChI=1S/C45H78O2/c1-7-8-9-10-11-12-13-14-15-16-17-18-19-20-21-25-43(46)47-38-30-32-44(5)37(34-38)26-27-39-41-29-28-40(36(4)24-22-23-35(2)3)45(41,6)33-31-42(39)44/h14-15,26,35-36,38-42H,7-13,16-25,27-34H2,1-6H3/b15-14-/t36-,38+,39+,40-,41+,42+,44+,45-/m1/s1/i2D3,3D3,35D. The number of allylic oxidation sites excluding steroid dienone is 3. The highest BCUT2D eigenvalue weighted by atomic mass is 16.5. The van der Waals surface area contributed by atoms with Crippen LogP contribution in [0, 0.1) is 46.3 Å². The van der Waals surface area contributed by atoms with Crippen molar-refractivity contribution >= 4 is 5.97 Å². The summed E-state index contributed by atoms with van der Waals surface area (Å²) in [7, 11) is 0. The highest BCUT2D eigenvalue weighted by Gasteiger charge is 2.59. The molecule has 0 aromatic heterocycles. The van der Waals surface area contributed by atoms with Gasteiger partial charge in [0.1, 0.15) is 6.10 Å². The van der Waals surface area contributed by atoms with Gasteiger partial charge in [0, 0.05) is 22.4 Å². The lowest BCUT2D eigenvalue weighted by Gasteiger charge is -2.58. The number of hydrogen-bond acceptors (Lipinski definition) is 2. The van der Waals surface area contributed by atoms with Crippen molar-refractivity contribution in [2.75, 3.05) is 0 Å². The van der Waals surface area contributed by atoms with Crippen LogP contribution in [0.25, 0.3) is 0 Å². The van der Waals surface area contributed by atoms with Crippen LogP contribution in [0.3, 0.4) is 0 Å². The number of carbonyl (C=O) groups excluding carboxylic acids is 1. The summed E-state index contributed by atoms with van der Waals surface area (Å²) < 4.78 is 61.3. The van der Waals surface area contributed by atoms with Crippen molar-refractivity contribution in [3.8, 4) is 0 Å². The number of unbranched alkanes of at least 4 members (excludes halogenated alkanes) is 11. The molecular formula is C45H78O2. The molecule has 0 spiro atoms. The smallest absolute Gasteiger partial charge is 0.306 e. The number of hydrogen-bond donors (Lipinski definition) is 0. The molecule has 0 aliphatic heterocycles. The third-order valence-corrected chi connectivity index (χ3v) is 13.8. The lowest BCUT2D eigenvalue weighted by Crippen LogP contribution is -2.51. The molecule has 0 heterocycles. The fourth-order valence-corrected chi connectivity index (χ4v) is 11.1. The van der Waals surface area contributed by atoms with Crippen LogP contribution in [0.5, 0.6) is 0 Å². The largest absolute Gasteiger partial charge is 0.462 e. The maximum Gasteiger partial charge on any atom is 0.306 e. The number of esters is 1. The monoisotopic (exact) mass is 658 g/mol. The number of ether oxygens (including phenoxy) is 1. The van der Waals surface area contributed by atoms with Crippen molar-refractivity contribution in [3.63, 3.8) is 0 Å². The molecule has 0 aromatic carbocycles. The Morgan fingerprint density at radius 3 is 2.32 bits per heavy atom. The predicted octanol–water partition coefficient (Wildman–Crippen LogP) is 14.0. The SMILES string of the molecule is [2H]C([2H])([2H])C([2H])(CCC[C@@H](C)[C@H]1CC[C@H]2[C@@H]3CC=C4C[C@@H](OC(=O)CCCCCCC/C=C\CCCCCCCC)CC[C@]4(C)[C@H]3CC[C@]12C)C([2H])([2H])[2H]. The highest BCUT2D eigenvalue weighted by Crippen LogP contribution is 2.67. The van der Waals surface area contributed by atoms with Crippen LogP contribution in [0.1, 0.15) is 212 Å². The summed E-state index contributed by atoms with van der Waals surface area (Å²) in [5, 5.41) is 0. The van der Waals surface area contributed by atoms with E-state index in [1.807, 2.05) is 0 Å². The highest BCUT2D eigenvalue weighted by molar-refractivity contribution is 5.69. The van der Waals surface area contributed by atoms with Gasteiger partial charge in [-0.25, -0.2) is 0 Å². The Morgan fingerprint density at radius 2 is 1.60 bits per heavy atom. The Balaban J connectivity index is 1.17. The molecule has 4 rings (SSSR count). The summed E-state index contributed by atoms with van der Waals surface area (Å²) in [4.78, 5) is 12.9. The Kier molecular flexibility index (Phi) is 12.2. The minimum Gasteiger partial charge on any atom is -0.462 e. The molecule has 270 valence electrons. The van der Waals surface area contributed by atoms with Gasteiger partial charge in [-0.15, -0.1) is 0 Å². The van der Waals surface area contributed by atoms with Gasteiger partial charge in [-0.3, -0.25) is 4.79 Å². The van der Waals surface area contributed by atoms with E-state index in [9.17, 15) is 4.79 Å². The maximum atomic E-state index is 12.9. The average molecular weight is 658 g/mol. The van der Waals surface area contributed by atoms with E-state index in [0.29, 0.717) is 42.4 Å². The average Bonchev–Trinajstić information content (AvgIpc) is 3.46. The second-order valence-corrected chi connectivity index (χ2v) is 17.0. The molecule has 0 bridgehead atoms. The molecule has 4 aliphatic carbocycles. The van der Waals surface area contributed by atoms with Crippen molar-refractivity contribution in [3.05, 3.63) is 23.8 Å². The van der Waals surface area contributed by atoms with Crippen LogP contribution >= 0.6 is 0 Å². The Bertz CT molecular complexity index is 1210. The third-order valence-electron chi connectivity index (χ3n) is 13.8. The van der Waals surface area contributed by atoms with E-state index in [2.05, 4.69) is 45.9 Å². The van der Waals surface area contributed by atoms with Gasteiger partial charge >= 0.3 is 5.97 Å². The Labute approximate surface area is 303 Å². The van der Waals surface area contributed by atoms with Crippen LogP contribution < -0.4 is 0 Å². The van der Waals surface area contributed by atoms with Gasteiger partial charge in [-0.05, 0) is 123 Å². The molecule has 0 N–H and O–H groups in total. The zero-order valence-electron chi connectivity index (χ0n) is 38.2. The molecule has 3 saturated carbocycles. The zero-order chi connectivity index (χ0) is 39.6. The minimum absolute atomic E-state index is 0.0136. The van der Waals surface area contributed by atoms with Crippen molar-refractivity contribution in [2.45, 2.75) is 208 Å². The van der Waals surface area contributed by atoms with E-state index >= 15 is 0 Å². The number of carbonyl (C=O) groups is 1. The molecule has 0 unspecified atom stereocenters. The fourth-order valence-electron chi connectivity index (χ4n) is 11.1. The van der Waals surface area contributed by atoms with Crippen LogP contribution in [0.15, 0.2) is 23.8 Å². The van der Waals surface area contributed by atoms with Gasteiger partial charge < -0.3 is 4.74 Å². The molecule has 0 saturated heterocycles. The molecule has 0 radical (unpaired) electrons. The summed E-state index contributed by atoms with van der Waals surface area (Å²) in [6.07, 6.45) is 34.1. The molecule has 8 atom stereocenters. The second kappa shape index (κ2) is 19.4. The summed E-state index contributed by atoms with van der Waals surface area (Å²) in [6.45, 7) is 3.89. The molecule has 0 aromatic rings. The van der Waals surface area contributed by atoms with E-state index < -0.39 is 19.6 Å². The normalized spacial score (nSPS) is 35.5. The molecule has 2 nitrogen and oxygen atoms in total. The second-order valence-electron chi connectivity index (χ2n) is 17.0. The first-order valence-corrected chi connectivity index (χ1v) is 20.5. The van der Waals surface area contributed by atoms with Crippen LogP contribution in [0.2, 0.25) is 0 Å². The molecule has 0 amide bonds. The summed E-state index contributed by atoms with van der Waals surface area (Å²) in [6, 6.07) is 0. The van der Waals surface area contributed by atoms with Crippen LogP contribution in [-0.2, 0) is 9.53 Å². The van der Waals surface area contributed by atoms with Gasteiger partial charge in [-0.2, -0.15) is 0 Å². The molecular weight excluding hydrogens is 572 g/mol. The minimum atomic E-state index is -2.83. The van der Waals surface area contributed by atoms with E-state index in [1.165, 1.54) is 102 Å². The predicted molar refractivity (Wildman–Crippen MR) is 202 cm³/mol. The first-order valence-electron chi connectivity index (χ1n) is 24.0. The quantitative estimate of drug-likeness (QED) is 0.0697. The topological polar surface area (TPSA) is 26.3 Å². The Morgan fingerprint density at radius 1 is 0.894 bits per heavy atom. The van der Waals surface area contributed by atoms with Gasteiger partial charge in [0.2, 0.25) is 0 Å². The lowest BCUT2D eigenvalue weighted by atomic mass is 9.47. The van der Waals surface area contributed by atoms with Crippen molar-refractivity contribution < 1.29 is 19.1 Å².